The Labute approximate surface area is 353 Å². The average Bonchev–Trinajstić information content (AvgIpc) is 3.46. The molecule has 0 radical (unpaired) electrons. The predicted molar refractivity (Wildman–Crippen MR) is 220 cm³/mol. The van der Waals surface area contributed by atoms with Gasteiger partial charge in [0, 0.05) is 53.6 Å². The molecule has 0 aromatic heterocycles. The van der Waals surface area contributed by atoms with E-state index < -0.39 is 0 Å². The molecule has 0 unspecified atom stereocenters. The summed E-state index contributed by atoms with van der Waals surface area (Å²) >= 11 is 1.49. The number of ketones is 2. The minimum atomic E-state index is -0.347. The molecule has 0 aromatic carbocycles. The van der Waals surface area contributed by atoms with E-state index in [1.54, 1.807) is 13.0 Å². The number of rotatable bonds is 2. The average molecular weight is 827 g/mol. The van der Waals surface area contributed by atoms with E-state index in [9.17, 15) is 28.8 Å². The van der Waals surface area contributed by atoms with Crippen molar-refractivity contribution in [1.29, 1.82) is 0 Å². The first-order valence-electron chi connectivity index (χ1n) is 22.8. The molecule has 2 saturated heterocycles. The lowest BCUT2D eigenvalue weighted by atomic mass is 9.44. The molecular weight excluding hydrogens is 765 g/mol. The van der Waals surface area contributed by atoms with Gasteiger partial charge in [0.1, 0.15) is 11.2 Å². The van der Waals surface area contributed by atoms with Gasteiger partial charge in [0.25, 0.3) is 0 Å². The smallest absolute Gasteiger partial charge is 0.309 e. The van der Waals surface area contributed by atoms with Crippen molar-refractivity contribution in [1.82, 2.24) is 0 Å². The summed E-state index contributed by atoms with van der Waals surface area (Å²) < 4.78 is 17.5. The van der Waals surface area contributed by atoms with Gasteiger partial charge >= 0.3 is 17.9 Å². The van der Waals surface area contributed by atoms with Crippen LogP contribution in [0, 0.1) is 74.9 Å². The van der Waals surface area contributed by atoms with Crippen molar-refractivity contribution in [2.24, 2.45) is 74.9 Å². The van der Waals surface area contributed by atoms with Crippen LogP contribution >= 0.6 is 11.8 Å². The van der Waals surface area contributed by atoms with Crippen LogP contribution in [0.25, 0.3) is 0 Å². The van der Waals surface area contributed by atoms with Gasteiger partial charge in [0.2, 0.25) is 0 Å². The Balaban J connectivity index is 0.000000143. The number of ether oxygens (including phenoxy) is 3. The molecule has 9 aliphatic carbocycles. The first kappa shape index (κ1) is 40.1. The molecule has 0 amide bonds. The number of fused-ring (bicyclic) bond motifs is 15. The first-order valence-corrected chi connectivity index (χ1v) is 23.7. The van der Waals surface area contributed by atoms with E-state index in [-0.39, 0.29) is 84.5 Å². The lowest BCUT2D eigenvalue weighted by Gasteiger charge is -2.61. The Bertz CT molecular complexity index is 2030. The lowest BCUT2D eigenvalue weighted by Crippen LogP contribution is -2.59. The molecule has 9 nitrogen and oxygen atoms in total. The Hall–Kier alpha value is -3.01. The highest BCUT2D eigenvalue weighted by Gasteiger charge is 2.80. The van der Waals surface area contributed by atoms with Crippen LogP contribution in [0.3, 0.4) is 0 Å². The van der Waals surface area contributed by atoms with Crippen molar-refractivity contribution in [3.63, 3.8) is 0 Å². The van der Waals surface area contributed by atoms with Crippen LogP contribution in [0.2, 0.25) is 0 Å². The number of esters is 3. The lowest BCUT2D eigenvalue weighted by molar-refractivity contribution is -0.177. The summed E-state index contributed by atoms with van der Waals surface area (Å²) in [5, 5.41) is 0.379. The van der Waals surface area contributed by atoms with Gasteiger partial charge in [-0.15, -0.1) is 0 Å². The number of carbonyl (C=O) groups is 6. The Morgan fingerprint density at radius 2 is 1.46 bits per heavy atom. The molecule has 0 N–H and O–H groups in total. The number of methoxy groups -OCH3 is 1. The standard InChI is InChI=1S/C25H30O4S.C24H32O5/c1-13(26)30-19-11-14-10-15(27)4-7-23(14,2)17-5-8-24(3)22(21(17)19)16-12-18(16)25(24)9-6-20(28)29-25;1-22-8-4-15(25)12-14(22)13-16(21(27)28-3)20-17(22)5-9-23(2)18(20)6-10-24(23)11-7-19(26)29-24/h4,7,10,16-19,21-22H,5-6,8-9,11-12H2,1-3H3;12,16-18,20H,4-11,13H2,1-3H3/t16-,17+,18+,19-,21+,22+,23+,24+,25+;16-,17+,18+,20-,22+,23+,24-/m11/s1. The molecule has 16 atom stereocenters. The molecule has 2 spiro atoms. The minimum Gasteiger partial charge on any atom is -0.469 e. The van der Waals surface area contributed by atoms with Gasteiger partial charge in [0.05, 0.1) is 13.0 Å². The fourth-order valence-corrected chi connectivity index (χ4v) is 18.3. The van der Waals surface area contributed by atoms with Crippen molar-refractivity contribution in [2.75, 3.05) is 7.11 Å². The molecule has 9 fully saturated rings. The fraction of sp³-hybridized carbons (Fsp3) is 0.755. The Morgan fingerprint density at radius 1 is 0.746 bits per heavy atom. The van der Waals surface area contributed by atoms with E-state index in [1.807, 2.05) is 12.2 Å². The van der Waals surface area contributed by atoms with Crippen molar-refractivity contribution in [3.05, 3.63) is 35.5 Å². The second kappa shape index (κ2) is 13.2. The van der Waals surface area contributed by atoms with E-state index in [4.69, 9.17) is 14.2 Å². The summed E-state index contributed by atoms with van der Waals surface area (Å²) in [6, 6.07) is 0. The predicted octanol–water partition coefficient (Wildman–Crippen LogP) is 8.48. The second-order valence-corrected chi connectivity index (χ2v) is 23.1. The van der Waals surface area contributed by atoms with Crippen molar-refractivity contribution in [2.45, 2.75) is 147 Å². The van der Waals surface area contributed by atoms with E-state index in [0.29, 0.717) is 67.1 Å². The highest BCUT2D eigenvalue weighted by atomic mass is 32.2. The summed E-state index contributed by atoms with van der Waals surface area (Å²) in [4.78, 5) is 73.8. The normalized spacial score (nSPS) is 50.7. The highest BCUT2D eigenvalue weighted by molar-refractivity contribution is 8.14. The number of hydrogen-bond donors (Lipinski definition) is 0. The van der Waals surface area contributed by atoms with Gasteiger partial charge in [-0.05, 0) is 142 Å². The van der Waals surface area contributed by atoms with Crippen molar-refractivity contribution < 1.29 is 43.0 Å². The van der Waals surface area contributed by atoms with Gasteiger partial charge < -0.3 is 14.2 Å². The van der Waals surface area contributed by atoms with Crippen LogP contribution in [-0.2, 0) is 43.0 Å². The van der Waals surface area contributed by atoms with Gasteiger partial charge in [-0.2, -0.15) is 0 Å². The molecule has 10 heteroatoms. The Kier molecular flexibility index (Phi) is 9.00. The summed E-state index contributed by atoms with van der Waals surface area (Å²) in [5.74, 6) is 3.28. The number of allylic oxidation sites excluding steroid dienone is 5. The zero-order valence-corrected chi connectivity index (χ0v) is 36.6. The minimum absolute atomic E-state index is 0.00741. The van der Waals surface area contributed by atoms with Crippen molar-refractivity contribution in [3.8, 4) is 0 Å². The molecule has 318 valence electrons. The number of carbonyl (C=O) groups excluding carboxylic acids is 6. The summed E-state index contributed by atoms with van der Waals surface area (Å²) in [5.41, 5.74) is 1.59. The van der Waals surface area contributed by atoms with E-state index in [0.717, 1.165) is 69.8 Å². The molecule has 11 aliphatic rings. The van der Waals surface area contributed by atoms with Gasteiger partial charge in [0.15, 0.2) is 16.7 Å². The number of hydrogen-bond acceptors (Lipinski definition) is 10. The molecule has 0 aromatic rings. The molecule has 11 rings (SSSR count). The van der Waals surface area contributed by atoms with Crippen LogP contribution in [-0.4, -0.2) is 58.2 Å². The first-order chi connectivity index (χ1) is 27.9. The zero-order chi connectivity index (χ0) is 41.7. The molecule has 2 heterocycles. The van der Waals surface area contributed by atoms with Crippen LogP contribution in [0.5, 0.6) is 0 Å². The zero-order valence-electron chi connectivity index (χ0n) is 35.8. The maximum absolute atomic E-state index is 12.9. The summed E-state index contributed by atoms with van der Waals surface area (Å²) in [6.45, 7) is 11.0. The third-order valence-electron chi connectivity index (χ3n) is 19.8. The monoisotopic (exact) mass is 826 g/mol. The van der Waals surface area contributed by atoms with Crippen LogP contribution in [0.15, 0.2) is 35.5 Å². The molecule has 0 bridgehead atoms. The van der Waals surface area contributed by atoms with Crippen LogP contribution in [0.1, 0.15) is 131 Å². The Morgan fingerprint density at radius 3 is 2.15 bits per heavy atom. The van der Waals surface area contributed by atoms with Crippen LogP contribution in [0.4, 0.5) is 0 Å². The topological polar surface area (TPSA) is 130 Å². The maximum atomic E-state index is 12.9. The molecule has 2 aliphatic heterocycles. The fourth-order valence-electron chi connectivity index (χ4n) is 17.1. The molecule has 59 heavy (non-hydrogen) atoms. The summed E-state index contributed by atoms with van der Waals surface area (Å²) in [7, 11) is 1.47. The van der Waals surface area contributed by atoms with Gasteiger partial charge in [-0.1, -0.05) is 56.7 Å². The second-order valence-electron chi connectivity index (χ2n) is 21.7. The third kappa shape index (κ3) is 5.41. The maximum Gasteiger partial charge on any atom is 0.309 e. The molecule has 7 saturated carbocycles. The SMILES string of the molecule is CC(=O)S[C@@H]1CC2=CC(=O)C=C[C@]2(C)[C@H]2CC[C@@]3(C)[C@@H]([C@@H]4C[C@@H]4[C@@]34CCC(=O)O4)[C@H]12.COC(=O)[C@@H]1CC2=CC(=O)CC[C@]2(C)[C@H]2CC[C@@]3(C)[C@@H](CC[C@@]34CCC(=O)O4)[C@H]12. The quantitative estimate of drug-likeness (QED) is 0.198. The third-order valence-corrected chi connectivity index (χ3v) is 21.0. The van der Waals surface area contributed by atoms with Crippen molar-refractivity contribution >= 4 is 46.4 Å². The van der Waals surface area contributed by atoms with Crippen LogP contribution < -0.4 is 0 Å². The number of thioether (sulfide) groups is 1. The van der Waals surface area contributed by atoms with Gasteiger partial charge in [-0.3, -0.25) is 28.8 Å². The highest BCUT2D eigenvalue weighted by Crippen LogP contribution is 2.80. The largest absolute Gasteiger partial charge is 0.469 e. The van der Waals surface area contributed by atoms with E-state index in [2.05, 4.69) is 33.8 Å². The van der Waals surface area contributed by atoms with Gasteiger partial charge in [-0.25, -0.2) is 0 Å². The van der Waals surface area contributed by atoms with E-state index in [1.165, 1.54) is 30.9 Å². The molecular formula is C49H62O9S. The van der Waals surface area contributed by atoms with E-state index >= 15 is 0 Å². The summed E-state index contributed by atoms with van der Waals surface area (Å²) in [6.07, 6.45) is 20.6.